The normalized spacial score (nSPS) is 7.11. The molecule has 1 radical (unpaired) electrons. The van der Waals surface area contributed by atoms with Crippen molar-refractivity contribution in [2.45, 2.75) is 20.8 Å². The summed E-state index contributed by atoms with van der Waals surface area (Å²) in [6.07, 6.45) is 0. The van der Waals surface area contributed by atoms with Crippen LogP contribution in [0.3, 0.4) is 0 Å². The molecule has 107 valence electrons. The maximum Gasteiger partial charge on any atom is 0.0666 e. The molecule has 7 heteroatoms. The molecule has 0 atom stereocenters. The Bertz CT molecular complexity index is 277. The Kier molecular flexibility index (Phi) is 19.5. The summed E-state index contributed by atoms with van der Waals surface area (Å²) in [5, 5.41) is 28.5. The molecule has 0 saturated heterocycles. The van der Waals surface area contributed by atoms with Crippen LogP contribution in [0.25, 0.3) is 0 Å². The van der Waals surface area contributed by atoms with E-state index in [1.165, 1.54) is 20.8 Å². The zero-order valence-electron chi connectivity index (χ0n) is 11.0. The Morgan fingerprint density at radius 1 is 0.632 bits per heavy atom. The minimum absolute atomic E-state index is 0. The number of carbonyl (C=O) groups excluding carboxylic acids is 3. The van der Waals surface area contributed by atoms with Crippen molar-refractivity contribution in [2.24, 2.45) is 0 Å². The zero-order valence-corrected chi connectivity index (χ0v) is 12.4. The monoisotopic (exact) mass is 306 g/mol. The van der Waals surface area contributed by atoms with Crippen LogP contribution in [0.4, 0.5) is 0 Å². The minimum Gasteiger partial charge on any atom is -0.545 e. The van der Waals surface area contributed by atoms with Gasteiger partial charge in [0.1, 0.15) is 0 Å². The van der Waals surface area contributed by atoms with Crippen LogP contribution in [-0.2, 0) is 32.9 Å². The first-order valence-electron chi connectivity index (χ1n) is 4.54. The van der Waals surface area contributed by atoms with E-state index in [2.05, 4.69) is 19.7 Å². The Hall–Kier alpha value is -1.79. The average Bonchev–Trinajstić information content (AvgIpc) is 2.18. The van der Waals surface area contributed by atoms with Gasteiger partial charge in [-0.05, 0) is 37.5 Å². The molecule has 0 aromatic rings. The molecule has 0 heterocycles. The van der Waals surface area contributed by atoms with Crippen LogP contribution in [0.2, 0.25) is 0 Å². The second-order valence-corrected chi connectivity index (χ2v) is 3.20. The summed E-state index contributed by atoms with van der Waals surface area (Å²) in [6.45, 7) is 13.4. The maximum absolute atomic E-state index is 9.49. The Morgan fingerprint density at radius 2 is 0.684 bits per heavy atom. The summed E-state index contributed by atoms with van der Waals surface area (Å²) in [5.74, 6) is -3.56. The topological polar surface area (TPSA) is 120 Å². The first kappa shape index (κ1) is 25.9. The van der Waals surface area contributed by atoms with Crippen molar-refractivity contribution in [1.82, 2.24) is 0 Å². The van der Waals surface area contributed by atoms with Gasteiger partial charge < -0.3 is 29.7 Å². The molecule has 19 heavy (non-hydrogen) atoms. The number of rotatable bonds is 3. The first-order chi connectivity index (χ1) is 7.93. The number of aliphatic carboxylic acids is 3. The molecule has 0 aliphatic rings. The Labute approximate surface area is 124 Å². The predicted octanol–water partition coefficient (Wildman–Crippen LogP) is -2.07. The van der Waals surface area contributed by atoms with E-state index in [0.717, 1.165) is 0 Å². The smallest absolute Gasteiger partial charge is 0.0666 e. The van der Waals surface area contributed by atoms with E-state index >= 15 is 0 Å². The van der Waals surface area contributed by atoms with Gasteiger partial charge in [0.25, 0.3) is 0 Å². The number of carboxylic acid groups (broad SMARTS) is 3. The third-order valence-electron chi connectivity index (χ3n) is 1.05. The van der Waals surface area contributed by atoms with E-state index in [9.17, 15) is 29.7 Å². The van der Waals surface area contributed by atoms with Crippen molar-refractivity contribution in [2.75, 3.05) is 0 Å². The average molecular weight is 306 g/mol. The molecule has 0 aromatic carbocycles. The predicted molar refractivity (Wildman–Crippen MR) is 59.5 cm³/mol. The molecular weight excluding hydrogens is 291 g/mol. The van der Waals surface area contributed by atoms with Crippen molar-refractivity contribution in [3.05, 3.63) is 36.5 Å². The molecule has 0 bridgehead atoms. The molecule has 0 rings (SSSR count). The van der Waals surface area contributed by atoms with E-state index in [0.29, 0.717) is 0 Å². The van der Waals surface area contributed by atoms with E-state index in [4.69, 9.17) is 0 Å². The molecule has 0 fully saturated rings. The van der Waals surface area contributed by atoms with Gasteiger partial charge in [0.2, 0.25) is 0 Å². The third-order valence-corrected chi connectivity index (χ3v) is 1.05. The molecule has 0 aliphatic carbocycles. The molecule has 0 amide bonds. The summed E-state index contributed by atoms with van der Waals surface area (Å²) in [4.78, 5) is 28.5. The van der Waals surface area contributed by atoms with Gasteiger partial charge in [-0.1, -0.05) is 19.7 Å². The van der Waals surface area contributed by atoms with E-state index in [1.54, 1.807) is 0 Å². The molecule has 6 nitrogen and oxygen atoms in total. The molecule has 0 N–H and O–H groups in total. The van der Waals surface area contributed by atoms with Gasteiger partial charge >= 0.3 is 0 Å². The second kappa shape index (κ2) is 14.3. The van der Waals surface area contributed by atoms with Gasteiger partial charge in [0.05, 0.1) is 17.9 Å². The van der Waals surface area contributed by atoms with Crippen LogP contribution in [0, 0.1) is 0 Å². The summed E-state index contributed by atoms with van der Waals surface area (Å²) in [5.41, 5.74) is 0.194. The quantitative estimate of drug-likeness (QED) is 0.553. The van der Waals surface area contributed by atoms with E-state index in [1.807, 2.05) is 0 Å². The first-order valence-corrected chi connectivity index (χ1v) is 4.54. The fourth-order valence-electron chi connectivity index (χ4n) is 0. The summed E-state index contributed by atoms with van der Waals surface area (Å²) in [7, 11) is 0. The van der Waals surface area contributed by atoms with Crippen LogP contribution in [0.15, 0.2) is 36.5 Å². The van der Waals surface area contributed by atoms with Crippen LogP contribution in [0.5, 0.6) is 0 Å². The second-order valence-electron chi connectivity index (χ2n) is 3.20. The molecule has 0 aromatic heterocycles. The van der Waals surface area contributed by atoms with Crippen molar-refractivity contribution < 1.29 is 48.3 Å². The number of carbonyl (C=O) groups is 3. The van der Waals surface area contributed by atoms with Crippen LogP contribution in [0.1, 0.15) is 20.8 Å². The Morgan fingerprint density at radius 3 is 0.684 bits per heavy atom. The SMILES string of the molecule is C=C(C)C(=O)[O-].C=C(C)C(=O)[O-].C=C(C)C(=O)[O-].[V]. The number of hydrogen-bond donors (Lipinski definition) is 0. The fraction of sp³-hybridized carbons (Fsp3) is 0.250. The third kappa shape index (κ3) is 31.4. The van der Waals surface area contributed by atoms with Crippen LogP contribution < -0.4 is 15.3 Å². The van der Waals surface area contributed by atoms with Crippen molar-refractivity contribution in [3.8, 4) is 0 Å². The minimum atomic E-state index is -1.19. The summed E-state index contributed by atoms with van der Waals surface area (Å²) < 4.78 is 0. The van der Waals surface area contributed by atoms with E-state index in [-0.39, 0.29) is 35.3 Å². The van der Waals surface area contributed by atoms with Gasteiger partial charge in [-0.3, -0.25) is 0 Å². The molecule has 0 unspecified atom stereocenters. The zero-order chi connectivity index (χ0) is 15.5. The van der Waals surface area contributed by atoms with Gasteiger partial charge in [-0.2, -0.15) is 0 Å². The Balaban J connectivity index is -0.0000000865. The fourth-order valence-corrected chi connectivity index (χ4v) is 0. The number of hydrogen-bond acceptors (Lipinski definition) is 6. The van der Waals surface area contributed by atoms with Gasteiger partial charge in [-0.25, -0.2) is 0 Å². The largest absolute Gasteiger partial charge is 0.545 e. The van der Waals surface area contributed by atoms with Gasteiger partial charge in [-0.15, -0.1) is 0 Å². The van der Waals surface area contributed by atoms with Crippen molar-refractivity contribution in [1.29, 1.82) is 0 Å². The van der Waals surface area contributed by atoms with Crippen molar-refractivity contribution in [3.63, 3.8) is 0 Å². The summed E-state index contributed by atoms with van der Waals surface area (Å²) >= 11 is 0. The van der Waals surface area contributed by atoms with Crippen molar-refractivity contribution >= 4 is 17.9 Å². The standard InChI is InChI=1S/3C4H6O2.V/c3*1-3(2)4(5)6;/h3*1H2,2H3,(H,5,6);/p-3. The number of carboxylic acids is 3. The maximum atomic E-state index is 9.49. The molecular formula is C12H15O6V-3. The molecule has 0 spiro atoms. The van der Waals surface area contributed by atoms with E-state index < -0.39 is 17.9 Å². The molecule has 0 aliphatic heterocycles. The molecule has 0 saturated carbocycles. The summed E-state index contributed by atoms with van der Waals surface area (Å²) in [6, 6.07) is 0. The van der Waals surface area contributed by atoms with Gasteiger partial charge in [0.15, 0.2) is 0 Å². The van der Waals surface area contributed by atoms with Gasteiger partial charge in [0, 0.05) is 18.6 Å². The van der Waals surface area contributed by atoms with Crippen LogP contribution in [-0.4, -0.2) is 17.9 Å². The van der Waals surface area contributed by atoms with Crippen LogP contribution >= 0.6 is 0 Å².